The Bertz CT molecular complexity index is 1310. The van der Waals surface area contributed by atoms with Gasteiger partial charge in [-0.3, -0.25) is 4.57 Å². The van der Waals surface area contributed by atoms with Gasteiger partial charge in [-0.25, -0.2) is 18.6 Å². The molecular weight excluding hydrogens is 518 g/mol. The molecule has 3 aromatic rings. The fourth-order valence-electron chi connectivity index (χ4n) is 5.91. The second-order valence-corrected chi connectivity index (χ2v) is 10.8. The number of piperidine rings is 1. The molecule has 1 aliphatic carbocycles. The molecule has 0 unspecified atom stereocenters. The molecule has 3 aliphatic rings. The van der Waals surface area contributed by atoms with E-state index < -0.39 is 6.43 Å². The smallest absolute Gasteiger partial charge is 0.317 e. The van der Waals surface area contributed by atoms with E-state index in [2.05, 4.69) is 20.5 Å². The topological polar surface area (TPSA) is 100 Å². The van der Waals surface area contributed by atoms with Crippen LogP contribution in [0.1, 0.15) is 57.2 Å². The number of hydrogen-bond donors (Lipinski definition) is 2. The molecule has 0 radical (unpaired) electrons. The van der Waals surface area contributed by atoms with Crippen LogP contribution in [0.25, 0.3) is 16.9 Å². The molecule has 40 heavy (non-hydrogen) atoms. The van der Waals surface area contributed by atoms with Crippen molar-refractivity contribution in [3.63, 3.8) is 0 Å². The second-order valence-electron chi connectivity index (χ2n) is 10.8. The molecule has 1 aromatic carbocycles. The highest BCUT2D eigenvalue weighted by atomic mass is 19.3. The molecule has 214 valence electrons. The van der Waals surface area contributed by atoms with Crippen molar-refractivity contribution in [3.05, 3.63) is 36.2 Å². The molecule has 4 heterocycles. The fraction of sp³-hybridized carbons (Fsp3) is 0.571. The zero-order valence-corrected chi connectivity index (χ0v) is 22.6. The predicted molar refractivity (Wildman–Crippen MR) is 148 cm³/mol. The number of nitrogens with one attached hydrogen (secondary N) is 2. The SMILES string of the molecule is O=C(NC1CCC(Nc2nc(N3CCOCC3)cc(-n3c(C(F)F)nc4ccccc43)n2)CC1)N1CCCCC1. The summed E-state index contributed by atoms with van der Waals surface area (Å²) < 4.78 is 35.2. The van der Waals surface area contributed by atoms with Gasteiger partial charge >= 0.3 is 6.03 Å². The van der Waals surface area contributed by atoms with Gasteiger partial charge in [0.15, 0.2) is 5.82 Å². The standard InChI is InChI=1S/C28H36F2N8O2/c29-25(30)26-33-21-6-2-3-7-22(21)38(26)24-18-23(36-14-16-40-17-15-36)34-27(35-24)31-19-8-10-20(11-9-19)32-28(39)37-12-4-1-5-13-37/h2-3,6-7,18-20,25H,1,4-5,8-17H2,(H,32,39)(H,31,34,35). The van der Waals surface area contributed by atoms with E-state index in [9.17, 15) is 13.6 Å². The van der Waals surface area contributed by atoms with Crippen LogP contribution in [0.4, 0.5) is 25.3 Å². The summed E-state index contributed by atoms with van der Waals surface area (Å²) in [5, 5.41) is 6.69. The van der Waals surface area contributed by atoms with E-state index in [4.69, 9.17) is 14.7 Å². The zero-order valence-electron chi connectivity index (χ0n) is 22.6. The summed E-state index contributed by atoms with van der Waals surface area (Å²) in [4.78, 5) is 30.4. The van der Waals surface area contributed by atoms with Crippen LogP contribution in [0.3, 0.4) is 0 Å². The third-order valence-corrected chi connectivity index (χ3v) is 8.08. The number of carbonyl (C=O) groups excluding carboxylic acids is 1. The molecule has 2 N–H and O–H groups in total. The Morgan fingerprint density at radius 1 is 0.900 bits per heavy atom. The van der Waals surface area contributed by atoms with Crippen molar-refractivity contribution < 1.29 is 18.3 Å². The van der Waals surface area contributed by atoms with Crippen molar-refractivity contribution in [3.8, 4) is 5.82 Å². The lowest BCUT2D eigenvalue weighted by Crippen LogP contribution is -2.48. The van der Waals surface area contributed by atoms with Gasteiger partial charge in [0.2, 0.25) is 5.95 Å². The van der Waals surface area contributed by atoms with Gasteiger partial charge in [-0.2, -0.15) is 9.97 Å². The third-order valence-electron chi connectivity index (χ3n) is 8.08. The van der Waals surface area contributed by atoms with Crippen LogP contribution in [0, 0.1) is 0 Å². The van der Waals surface area contributed by atoms with Gasteiger partial charge in [0.1, 0.15) is 11.6 Å². The average molecular weight is 555 g/mol. The van der Waals surface area contributed by atoms with Gasteiger partial charge in [-0.1, -0.05) is 12.1 Å². The highest BCUT2D eigenvalue weighted by molar-refractivity contribution is 5.78. The van der Waals surface area contributed by atoms with Gasteiger partial charge in [0.25, 0.3) is 6.43 Å². The van der Waals surface area contributed by atoms with E-state index in [0.717, 1.165) is 51.6 Å². The summed E-state index contributed by atoms with van der Waals surface area (Å²) in [7, 11) is 0. The highest BCUT2D eigenvalue weighted by Crippen LogP contribution is 2.30. The normalized spacial score (nSPS) is 22.1. The molecule has 2 aliphatic heterocycles. The van der Waals surface area contributed by atoms with Crippen molar-refractivity contribution in [1.29, 1.82) is 0 Å². The van der Waals surface area contributed by atoms with Crippen molar-refractivity contribution in [2.45, 2.75) is 63.5 Å². The number of amides is 2. The maximum atomic E-state index is 14.1. The molecule has 1 saturated carbocycles. The lowest BCUT2D eigenvalue weighted by atomic mass is 9.91. The molecular formula is C28H36F2N8O2. The Morgan fingerprint density at radius 3 is 2.35 bits per heavy atom. The first-order chi connectivity index (χ1) is 19.5. The fourth-order valence-corrected chi connectivity index (χ4v) is 5.91. The molecule has 3 fully saturated rings. The number of morpholine rings is 1. The number of nitrogens with zero attached hydrogens (tertiary/aromatic N) is 6. The Hall–Kier alpha value is -3.54. The van der Waals surface area contributed by atoms with Crippen molar-refractivity contribution in [2.75, 3.05) is 49.6 Å². The number of para-hydroxylation sites is 2. The second kappa shape index (κ2) is 11.9. The highest BCUT2D eigenvalue weighted by Gasteiger charge is 2.27. The summed E-state index contributed by atoms with van der Waals surface area (Å²) >= 11 is 0. The summed E-state index contributed by atoms with van der Waals surface area (Å²) in [5.41, 5.74) is 1.06. The van der Waals surface area contributed by atoms with Crippen LogP contribution < -0.4 is 15.5 Å². The molecule has 2 saturated heterocycles. The Kier molecular flexibility index (Phi) is 7.94. The van der Waals surface area contributed by atoms with Gasteiger partial charge in [0.05, 0.1) is 24.2 Å². The van der Waals surface area contributed by atoms with Crippen molar-refractivity contribution >= 4 is 28.8 Å². The van der Waals surface area contributed by atoms with Gasteiger partial charge in [0, 0.05) is 44.3 Å². The van der Waals surface area contributed by atoms with Crippen LogP contribution in [0.2, 0.25) is 0 Å². The molecule has 0 bridgehead atoms. The number of hydrogen-bond acceptors (Lipinski definition) is 7. The Balaban J connectivity index is 1.22. The minimum Gasteiger partial charge on any atom is -0.378 e. The quantitative estimate of drug-likeness (QED) is 0.463. The Labute approximate surface area is 232 Å². The largest absolute Gasteiger partial charge is 0.378 e. The van der Waals surface area contributed by atoms with E-state index in [0.29, 0.717) is 54.9 Å². The number of likely N-dealkylation sites (tertiary alicyclic amines) is 1. The summed E-state index contributed by atoms with van der Waals surface area (Å²) in [6.07, 6.45) is 3.98. The number of alkyl halides is 2. The van der Waals surface area contributed by atoms with Crippen LogP contribution in [-0.4, -0.2) is 81.9 Å². The van der Waals surface area contributed by atoms with Crippen molar-refractivity contribution in [2.24, 2.45) is 0 Å². The number of fused-ring (bicyclic) bond motifs is 1. The van der Waals surface area contributed by atoms with Crippen molar-refractivity contribution in [1.82, 2.24) is 29.7 Å². The van der Waals surface area contributed by atoms with E-state index in [1.165, 1.54) is 11.0 Å². The molecule has 6 rings (SSSR count). The Morgan fingerprint density at radius 2 is 1.60 bits per heavy atom. The number of ether oxygens (including phenoxy) is 1. The van der Waals surface area contributed by atoms with E-state index in [-0.39, 0.29) is 23.9 Å². The summed E-state index contributed by atoms with van der Waals surface area (Å²) in [6, 6.07) is 9.15. The van der Waals surface area contributed by atoms with Crippen LogP contribution >= 0.6 is 0 Å². The number of imidazole rings is 1. The predicted octanol–water partition coefficient (Wildman–Crippen LogP) is 4.51. The summed E-state index contributed by atoms with van der Waals surface area (Å²) in [5.74, 6) is 1.07. The van der Waals surface area contributed by atoms with E-state index >= 15 is 0 Å². The maximum absolute atomic E-state index is 14.1. The molecule has 0 atom stereocenters. The lowest BCUT2D eigenvalue weighted by Gasteiger charge is -2.33. The van der Waals surface area contributed by atoms with Gasteiger partial charge in [-0.15, -0.1) is 0 Å². The first-order valence-corrected chi connectivity index (χ1v) is 14.3. The first kappa shape index (κ1) is 26.7. The summed E-state index contributed by atoms with van der Waals surface area (Å²) in [6.45, 7) is 4.13. The number of halogens is 2. The molecule has 12 heteroatoms. The molecule has 0 spiro atoms. The lowest BCUT2D eigenvalue weighted by molar-refractivity contribution is 0.122. The van der Waals surface area contributed by atoms with Crippen LogP contribution in [-0.2, 0) is 4.74 Å². The third kappa shape index (κ3) is 5.81. The number of benzene rings is 1. The minimum atomic E-state index is -2.76. The average Bonchev–Trinajstić information content (AvgIpc) is 3.39. The minimum absolute atomic E-state index is 0.0460. The first-order valence-electron chi connectivity index (χ1n) is 14.3. The van der Waals surface area contributed by atoms with E-state index in [1.54, 1.807) is 24.3 Å². The zero-order chi connectivity index (χ0) is 27.5. The number of rotatable bonds is 6. The number of carbonyl (C=O) groups is 1. The molecule has 2 aromatic heterocycles. The van der Waals surface area contributed by atoms with Crippen LogP contribution in [0.5, 0.6) is 0 Å². The van der Waals surface area contributed by atoms with E-state index in [1.807, 2.05) is 11.0 Å². The monoisotopic (exact) mass is 554 g/mol. The molecule has 10 nitrogen and oxygen atoms in total. The number of aromatic nitrogens is 4. The van der Waals surface area contributed by atoms with Gasteiger partial charge < -0.3 is 25.2 Å². The number of anilines is 2. The van der Waals surface area contributed by atoms with Crippen LogP contribution in [0.15, 0.2) is 30.3 Å². The molecule has 2 amide bonds. The van der Waals surface area contributed by atoms with Gasteiger partial charge in [-0.05, 0) is 57.1 Å². The maximum Gasteiger partial charge on any atom is 0.317 e. The number of urea groups is 1.